The van der Waals surface area contributed by atoms with Gasteiger partial charge in [0.15, 0.2) is 17.3 Å². The van der Waals surface area contributed by atoms with Gasteiger partial charge in [-0.3, -0.25) is 9.88 Å². The van der Waals surface area contributed by atoms with Crippen molar-refractivity contribution < 1.29 is 14.0 Å². The fourth-order valence-corrected chi connectivity index (χ4v) is 4.05. The third-order valence-electron chi connectivity index (χ3n) is 5.53. The molecule has 2 aromatic heterocycles. The van der Waals surface area contributed by atoms with Crippen molar-refractivity contribution in [2.75, 3.05) is 13.3 Å². The molecule has 1 atom stereocenters. The molecule has 144 valence electrons. The fourth-order valence-electron chi connectivity index (χ4n) is 4.05. The van der Waals surface area contributed by atoms with E-state index in [1.807, 2.05) is 30.6 Å². The standard InChI is InChI=1S/C22H23N3O3/c1-2-4-19(25(11-3-1)14-16-7-9-23-10-8-16)18-13-21(28-24-18)17-5-6-20-22(12-17)27-15-26-20/h5-10,12-13,19H,1-4,11,14-15H2/t19-/m0/s1. The van der Waals surface area contributed by atoms with Gasteiger partial charge in [-0.25, -0.2) is 0 Å². The van der Waals surface area contributed by atoms with Gasteiger partial charge < -0.3 is 14.0 Å². The summed E-state index contributed by atoms with van der Waals surface area (Å²) >= 11 is 0. The number of hydrogen-bond donors (Lipinski definition) is 0. The van der Waals surface area contributed by atoms with Crippen molar-refractivity contribution in [3.8, 4) is 22.8 Å². The molecule has 6 nitrogen and oxygen atoms in total. The molecule has 0 amide bonds. The molecule has 0 spiro atoms. The molecule has 0 unspecified atom stereocenters. The number of aromatic nitrogens is 2. The zero-order valence-corrected chi connectivity index (χ0v) is 15.7. The Balaban J connectivity index is 1.40. The predicted molar refractivity (Wildman–Crippen MR) is 104 cm³/mol. The highest BCUT2D eigenvalue weighted by Crippen LogP contribution is 2.37. The molecule has 0 saturated carbocycles. The Bertz CT molecular complexity index is 941. The first kappa shape index (κ1) is 17.3. The third-order valence-corrected chi connectivity index (χ3v) is 5.53. The van der Waals surface area contributed by atoms with Gasteiger partial charge in [0.25, 0.3) is 0 Å². The average molecular weight is 377 g/mol. The zero-order chi connectivity index (χ0) is 18.8. The fraction of sp³-hybridized carbons (Fsp3) is 0.364. The van der Waals surface area contributed by atoms with Gasteiger partial charge >= 0.3 is 0 Å². The summed E-state index contributed by atoms with van der Waals surface area (Å²) in [6.45, 7) is 2.24. The molecule has 1 saturated heterocycles. The lowest BCUT2D eigenvalue weighted by Gasteiger charge is -2.28. The minimum Gasteiger partial charge on any atom is -0.454 e. The minimum atomic E-state index is 0.266. The van der Waals surface area contributed by atoms with E-state index >= 15 is 0 Å². The van der Waals surface area contributed by atoms with Gasteiger partial charge in [-0.15, -0.1) is 0 Å². The second-order valence-corrected chi connectivity index (χ2v) is 7.38. The second-order valence-electron chi connectivity index (χ2n) is 7.38. The molecule has 0 N–H and O–H groups in total. The van der Waals surface area contributed by atoms with E-state index in [0.717, 1.165) is 48.0 Å². The van der Waals surface area contributed by atoms with Gasteiger partial charge in [0.2, 0.25) is 6.79 Å². The number of ether oxygens (including phenoxy) is 2. The molecular weight excluding hydrogens is 354 g/mol. The van der Waals surface area contributed by atoms with Crippen LogP contribution in [-0.2, 0) is 6.54 Å². The molecule has 0 bridgehead atoms. The van der Waals surface area contributed by atoms with E-state index in [4.69, 9.17) is 14.0 Å². The summed E-state index contributed by atoms with van der Waals surface area (Å²) in [7, 11) is 0. The van der Waals surface area contributed by atoms with E-state index in [1.165, 1.54) is 24.8 Å². The molecule has 28 heavy (non-hydrogen) atoms. The second kappa shape index (κ2) is 7.64. The molecule has 4 heterocycles. The van der Waals surface area contributed by atoms with Crippen molar-refractivity contribution in [3.05, 3.63) is 60.0 Å². The number of rotatable bonds is 4. The highest BCUT2D eigenvalue weighted by Gasteiger charge is 2.26. The van der Waals surface area contributed by atoms with Crippen LogP contribution in [0.4, 0.5) is 0 Å². The van der Waals surface area contributed by atoms with Crippen molar-refractivity contribution in [1.82, 2.24) is 15.0 Å². The van der Waals surface area contributed by atoms with Gasteiger partial charge in [0.05, 0.1) is 6.04 Å². The van der Waals surface area contributed by atoms with E-state index in [2.05, 4.69) is 33.2 Å². The maximum absolute atomic E-state index is 5.72. The molecular formula is C22H23N3O3. The van der Waals surface area contributed by atoms with Crippen LogP contribution in [-0.4, -0.2) is 28.4 Å². The summed E-state index contributed by atoms with van der Waals surface area (Å²) in [5.74, 6) is 2.29. The molecule has 0 aliphatic carbocycles. The van der Waals surface area contributed by atoms with Gasteiger partial charge in [0, 0.05) is 30.6 Å². The van der Waals surface area contributed by atoms with E-state index < -0.39 is 0 Å². The van der Waals surface area contributed by atoms with Crippen LogP contribution in [0.5, 0.6) is 11.5 Å². The molecule has 6 heteroatoms. The largest absolute Gasteiger partial charge is 0.454 e. The Hall–Kier alpha value is -2.86. The summed E-state index contributed by atoms with van der Waals surface area (Å²) in [6, 6.07) is 12.4. The average Bonchev–Trinajstić information content (AvgIpc) is 3.35. The van der Waals surface area contributed by atoms with Gasteiger partial charge in [0.1, 0.15) is 5.69 Å². The normalized spacial score (nSPS) is 19.5. The maximum atomic E-state index is 5.72. The Labute approximate surface area is 164 Å². The topological polar surface area (TPSA) is 60.6 Å². The summed E-state index contributed by atoms with van der Waals surface area (Å²) < 4.78 is 16.6. The number of hydrogen-bond acceptors (Lipinski definition) is 6. The summed E-state index contributed by atoms with van der Waals surface area (Å²) in [6.07, 6.45) is 8.50. The van der Waals surface area contributed by atoms with Crippen LogP contribution >= 0.6 is 0 Å². The van der Waals surface area contributed by atoms with Crippen LogP contribution in [0.15, 0.2) is 53.3 Å². The molecule has 2 aliphatic heterocycles. The van der Waals surface area contributed by atoms with E-state index in [-0.39, 0.29) is 12.8 Å². The van der Waals surface area contributed by atoms with Crippen molar-refractivity contribution >= 4 is 0 Å². The summed E-state index contributed by atoms with van der Waals surface area (Å²) in [5.41, 5.74) is 3.24. The van der Waals surface area contributed by atoms with Gasteiger partial charge in [-0.1, -0.05) is 18.0 Å². The van der Waals surface area contributed by atoms with E-state index in [0.29, 0.717) is 0 Å². The number of pyridine rings is 1. The highest BCUT2D eigenvalue weighted by atomic mass is 16.7. The summed E-state index contributed by atoms with van der Waals surface area (Å²) in [5, 5.41) is 4.44. The summed E-state index contributed by atoms with van der Waals surface area (Å²) in [4.78, 5) is 6.65. The Morgan fingerprint density at radius 1 is 0.964 bits per heavy atom. The number of fused-ring (bicyclic) bond motifs is 1. The first-order chi connectivity index (χ1) is 13.9. The van der Waals surface area contributed by atoms with Crippen LogP contribution in [0.2, 0.25) is 0 Å². The highest BCUT2D eigenvalue weighted by molar-refractivity contribution is 5.63. The molecule has 5 rings (SSSR count). The molecule has 1 fully saturated rings. The monoisotopic (exact) mass is 377 g/mol. The molecule has 2 aliphatic rings. The van der Waals surface area contributed by atoms with Crippen LogP contribution in [0.25, 0.3) is 11.3 Å². The quantitative estimate of drug-likeness (QED) is 0.663. The van der Waals surface area contributed by atoms with Crippen molar-refractivity contribution in [3.63, 3.8) is 0 Å². The van der Waals surface area contributed by atoms with Crippen LogP contribution < -0.4 is 9.47 Å². The number of nitrogens with zero attached hydrogens (tertiary/aromatic N) is 3. The van der Waals surface area contributed by atoms with Crippen molar-refractivity contribution in [2.24, 2.45) is 0 Å². The minimum absolute atomic E-state index is 0.266. The number of likely N-dealkylation sites (tertiary alicyclic amines) is 1. The Kier molecular flexibility index (Phi) is 4.71. The number of benzene rings is 1. The van der Waals surface area contributed by atoms with E-state index in [9.17, 15) is 0 Å². The lowest BCUT2D eigenvalue weighted by molar-refractivity contribution is 0.174. The van der Waals surface area contributed by atoms with Gasteiger partial charge in [-0.2, -0.15) is 0 Å². The van der Waals surface area contributed by atoms with Crippen molar-refractivity contribution in [1.29, 1.82) is 0 Å². The van der Waals surface area contributed by atoms with E-state index in [1.54, 1.807) is 0 Å². The lowest BCUT2D eigenvalue weighted by atomic mass is 10.0. The first-order valence-corrected chi connectivity index (χ1v) is 9.86. The molecule has 1 aromatic carbocycles. The third kappa shape index (κ3) is 3.47. The lowest BCUT2D eigenvalue weighted by Crippen LogP contribution is -2.28. The predicted octanol–water partition coefficient (Wildman–Crippen LogP) is 4.58. The maximum Gasteiger partial charge on any atom is 0.231 e. The Morgan fingerprint density at radius 3 is 2.79 bits per heavy atom. The van der Waals surface area contributed by atoms with Gasteiger partial charge in [-0.05, 0) is 55.3 Å². The Morgan fingerprint density at radius 2 is 1.86 bits per heavy atom. The molecule has 3 aromatic rings. The van der Waals surface area contributed by atoms with Crippen molar-refractivity contribution in [2.45, 2.75) is 38.3 Å². The zero-order valence-electron chi connectivity index (χ0n) is 15.7. The van der Waals surface area contributed by atoms with Crippen LogP contribution in [0.3, 0.4) is 0 Å². The smallest absolute Gasteiger partial charge is 0.231 e. The van der Waals surface area contributed by atoms with Crippen LogP contribution in [0.1, 0.15) is 43.0 Å². The SMILES string of the molecule is c1cc(CN2CCCCC[C@H]2c2cc(-c3ccc4c(c3)OCO4)on2)ccn1. The molecule has 0 radical (unpaired) electrons. The van der Waals surface area contributed by atoms with Crippen LogP contribution in [0, 0.1) is 0 Å². The first-order valence-electron chi connectivity index (χ1n) is 9.86.